The topological polar surface area (TPSA) is 72.2 Å². The average molecular weight is 431 g/mol. The zero-order valence-corrected chi connectivity index (χ0v) is 19.5. The van der Waals surface area contributed by atoms with E-state index in [1.165, 1.54) is 0 Å². The molecule has 0 radical (unpaired) electrons. The van der Waals surface area contributed by atoms with Crippen LogP contribution in [0.25, 0.3) is 0 Å². The fourth-order valence-electron chi connectivity index (χ4n) is 3.48. The van der Waals surface area contributed by atoms with E-state index in [9.17, 15) is 9.59 Å². The molecule has 0 spiro atoms. The molecule has 0 aliphatic heterocycles. The van der Waals surface area contributed by atoms with Crippen LogP contribution in [-0.4, -0.2) is 62.5 Å². The minimum absolute atomic E-state index is 0.00877. The molecule has 0 aliphatic rings. The van der Waals surface area contributed by atoms with Gasteiger partial charge in [-0.25, -0.2) is 0 Å². The summed E-state index contributed by atoms with van der Waals surface area (Å²) < 4.78 is 16.1. The van der Waals surface area contributed by atoms with Gasteiger partial charge in [-0.1, -0.05) is 13.0 Å². The van der Waals surface area contributed by atoms with Gasteiger partial charge in [-0.15, -0.1) is 0 Å². The zero-order chi connectivity index (χ0) is 23.0. The van der Waals surface area contributed by atoms with Crippen LogP contribution in [0.2, 0.25) is 0 Å². The maximum atomic E-state index is 12.9. The van der Waals surface area contributed by atoms with Crippen molar-refractivity contribution in [1.29, 1.82) is 0 Å². The number of rotatable bonds is 11. The fraction of sp³-hybridized carbons (Fsp3) is 0.500. The largest absolute Gasteiger partial charge is 0.493 e. The van der Waals surface area contributed by atoms with Crippen molar-refractivity contribution in [2.75, 3.05) is 40.9 Å². The summed E-state index contributed by atoms with van der Waals surface area (Å²) in [5.41, 5.74) is 1.63. The van der Waals surface area contributed by atoms with Crippen LogP contribution in [0.1, 0.15) is 47.2 Å². The SMILES string of the molecule is CCCN(CCC(=O)N(C)CCc1ccc(OC)c(OC)c1)C(=O)c1cc(C)oc1C. The lowest BCUT2D eigenvalue weighted by Gasteiger charge is -2.24. The number of aryl methyl sites for hydroxylation is 2. The van der Waals surface area contributed by atoms with Gasteiger partial charge in [0.2, 0.25) is 5.91 Å². The molecule has 0 saturated heterocycles. The highest BCUT2D eigenvalue weighted by molar-refractivity contribution is 5.95. The molecule has 0 N–H and O–H groups in total. The maximum absolute atomic E-state index is 12.9. The van der Waals surface area contributed by atoms with Crippen molar-refractivity contribution in [2.45, 2.75) is 40.0 Å². The number of amides is 2. The first-order chi connectivity index (χ1) is 14.8. The summed E-state index contributed by atoms with van der Waals surface area (Å²) in [6.45, 7) is 7.20. The molecule has 2 rings (SSSR count). The van der Waals surface area contributed by atoms with Crippen molar-refractivity contribution in [3.63, 3.8) is 0 Å². The Morgan fingerprint density at radius 3 is 2.29 bits per heavy atom. The van der Waals surface area contributed by atoms with E-state index in [1.807, 2.05) is 32.0 Å². The van der Waals surface area contributed by atoms with Gasteiger partial charge in [0.15, 0.2) is 11.5 Å². The van der Waals surface area contributed by atoms with Crippen LogP contribution in [-0.2, 0) is 11.2 Å². The monoisotopic (exact) mass is 430 g/mol. The molecule has 7 heteroatoms. The van der Waals surface area contributed by atoms with Gasteiger partial charge >= 0.3 is 0 Å². The summed E-state index contributed by atoms with van der Waals surface area (Å²) >= 11 is 0. The second-order valence-electron chi connectivity index (χ2n) is 7.62. The summed E-state index contributed by atoms with van der Waals surface area (Å²) in [6, 6.07) is 7.52. The van der Waals surface area contributed by atoms with Gasteiger partial charge < -0.3 is 23.7 Å². The summed E-state index contributed by atoms with van der Waals surface area (Å²) in [5, 5.41) is 0. The highest BCUT2D eigenvalue weighted by Crippen LogP contribution is 2.27. The number of benzene rings is 1. The van der Waals surface area contributed by atoms with Crippen LogP contribution >= 0.6 is 0 Å². The van der Waals surface area contributed by atoms with Crippen LogP contribution in [0.4, 0.5) is 0 Å². The number of nitrogens with zero attached hydrogens (tertiary/aromatic N) is 2. The van der Waals surface area contributed by atoms with E-state index in [0.717, 1.165) is 12.0 Å². The van der Waals surface area contributed by atoms with Crippen molar-refractivity contribution in [3.05, 3.63) is 46.9 Å². The highest BCUT2D eigenvalue weighted by atomic mass is 16.5. The second-order valence-corrected chi connectivity index (χ2v) is 7.62. The summed E-state index contributed by atoms with van der Waals surface area (Å²) in [7, 11) is 5.00. The summed E-state index contributed by atoms with van der Waals surface area (Å²) in [5.74, 6) is 2.60. The fourth-order valence-corrected chi connectivity index (χ4v) is 3.48. The van der Waals surface area contributed by atoms with Gasteiger partial charge in [-0.2, -0.15) is 0 Å². The quantitative estimate of drug-likeness (QED) is 0.541. The van der Waals surface area contributed by atoms with E-state index in [1.54, 1.807) is 44.1 Å². The predicted octanol–water partition coefficient (Wildman–Crippen LogP) is 3.86. The van der Waals surface area contributed by atoms with Crippen molar-refractivity contribution < 1.29 is 23.5 Å². The number of ether oxygens (including phenoxy) is 2. The lowest BCUT2D eigenvalue weighted by Crippen LogP contribution is -2.37. The molecule has 0 fully saturated rings. The molecule has 0 saturated carbocycles. The van der Waals surface area contributed by atoms with Crippen molar-refractivity contribution >= 4 is 11.8 Å². The molecule has 170 valence electrons. The van der Waals surface area contributed by atoms with Gasteiger partial charge in [0.25, 0.3) is 5.91 Å². The molecule has 7 nitrogen and oxygen atoms in total. The Kier molecular flexibility index (Phi) is 8.97. The van der Waals surface area contributed by atoms with E-state index in [2.05, 4.69) is 0 Å². The van der Waals surface area contributed by atoms with E-state index in [0.29, 0.717) is 54.6 Å². The standard InChI is InChI=1S/C24H34N2O5/c1-7-12-26(24(28)20-15-17(2)31-18(20)3)14-11-23(27)25(4)13-10-19-8-9-21(29-5)22(16-19)30-6/h8-9,15-16H,7,10-14H2,1-6H3. The Balaban J connectivity index is 1.92. The lowest BCUT2D eigenvalue weighted by atomic mass is 10.1. The van der Waals surface area contributed by atoms with Crippen molar-refractivity contribution in [1.82, 2.24) is 9.80 Å². The predicted molar refractivity (Wildman–Crippen MR) is 120 cm³/mol. The Labute approximate surface area is 184 Å². The minimum atomic E-state index is -0.0861. The van der Waals surface area contributed by atoms with Gasteiger partial charge in [-0.3, -0.25) is 9.59 Å². The van der Waals surface area contributed by atoms with Gasteiger partial charge in [0, 0.05) is 33.1 Å². The van der Waals surface area contributed by atoms with Crippen LogP contribution in [0.15, 0.2) is 28.7 Å². The van der Waals surface area contributed by atoms with E-state index in [4.69, 9.17) is 13.9 Å². The number of methoxy groups -OCH3 is 2. The molecule has 1 aromatic carbocycles. The molecule has 2 aromatic rings. The first kappa shape index (κ1) is 24.3. The number of hydrogen-bond donors (Lipinski definition) is 0. The molecular weight excluding hydrogens is 396 g/mol. The first-order valence-electron chi connectivity index (χ1n) is 10.6. The zero-order valence-electron chi connectivity index (χ0n) is 19.5. The van der Waals surface area contributed by atoms with Gasteiger partial charge in [0.05, 0.1) is 19.8 Å². The Morgan fingerprint density at radius 2 is 1.71 bits per heavy atom. The third-order valence-corrected chi connectivity index (χ3v) is 5.26. The molecular formula is C24H34N2O5. The first-order valence-corrected chi connectivity index (χ1v) is 10.6. The molecule has 0 aliphatic carbocycles. The maximum Gasteiger partial charge on any atom is 0.257 e. The second kappa shape index (κ2) is 11.4. The van der Waals surface area contributed by atoms with Crippen LogP contribution in [0, 0.1) is 13.8 Å². The normalized spacial score (nSPS) is 10.6. The Bertz CT molecular complexity index is 890. The molecule has 31 heavy (non-hydrogen) atoms. The van der Waals surface area contributed by atoms with E-state index < -0.39 is 0 Å². The van der Waals surface area contributed by atoms with Gasteiger partial charge in [0.1, 0.15) is 11.5 Å². The number of furan rings is 1. The van der Waals surface area contributed by atoms with Crippen LogP contribution < -0.4 is 9.47 Å². The number of likely N-dealkylation sites (N-methyl/N-ethyl adjacent to an activating group) is 1. The summed E-state index contributed by atoms with van der Waals surface area (Å²) in [4.78, 5) is 29.0. The third-order valence-electron chi connectivity index (χ3n) is 5.26. The van der Waals surface area contributed by atoms with E-state index in [-0.39, 0.29) is 18.2 Å². The molecule has 0 unspecified atom stereocenters. The number of carbonyl (C=O) groups is 2. The summed E-state index contributed by atoms with van der Waals surface area (Å²) in [6.07, 6.45) is 1.81. The molecule has 0 bridgehead atoms. The molecule has 2 amide bonds. The lowest BCUT2D eigenvalue weighted by molar-refractivity contribution is -0.130. The average Bonchev–Trinajstić information content (AvgIpc) is 3.11. The molecule has 1 heterocycles. The van der Waals surface area contributed by atoms with Crippen molar-refractivity contribution in [2.24, 2.45) is 0 Å². The Hall–Kier alpha value is -2.96. The highest BCUT2D eigenvalue weighted by Gasteiger charge is 2.21. The minimum Gasteiger partial charge on any atom is -0.493 e. The smallest absolute Gasteiger partial charge is 0.257 e. The van der Waals surface area contributed by atoms with Crippen LogP contribution in [0.3, 0.4) is 0 Å². The van der Waals surface area contributed by atoms with E-state index >= 15 is 0 Å². The molecule has 1 aromatic heterocycles. The van der Waals surface area contributed by atoms with Gasteiger partial charge in [-0.05, 0) is 50.5 Å². The Morgan fingerprint density at radius 1 is 1.00 bits per heavy atom. The number of carbonyl (C=O) groups excluding carboxylic acids is 2. The van der Waals surface area contributed by atoms with Crippen LogP contribution in [0.5, 0.6) is 11.5 Å². The van der Waals surface area contributed by atoms with Crippen molar-refractivity contribution in [3.8, 4) is 11.5 Å². The third kappa shape index (κ3) is 6.51. The molecule has 0 atom stereocenters. The number of hydrogen-bond acceptors (Lipinski definition) is 5.